The molecule has 11 heavy (non-hydrogen) atoms. The highest BCUT2D eigenvalue weighted by Crippen LogP contribution is 2.19. The van der Waals surface area contributed by atoms with Crippen LogP contribution in [0.2, 0.25) is 0 Å². The minimum Gasteiger partial charge on any atom is -0.297 e. The smallest absolute Gasteiger partial charge is 0.115 e. The fourth-order valence-corrected chi connectivity index (χ4v) is 1.48. The van der Waals surface area contributed by atoms with Gasteiger partial charge in [0.25, 0.3) is 0 Å². The minimum absolute atomic E-state index is 0.338. The zero-order chi connectivity index (χ0) is 8.27. The van der Waals surface area contributed by atoms with Crippen molar-refractivity contribution in [1.29, 1.82) is 0 Å². The average Bonchev–Trinajstić information content (AvgIpc) is 2.26. The molecule has 2 atom stereocenters. The number of allylic oxidation sites excluding steroid dienone is 1. The zero-order valence-corrected chi connectivity index (χ0v) is 7.26. The second-order valence-electron chi connectivity index (χ2n) is 3.18. The molecule has 1 nitrogen and oxygen atoms in total. The first-order valence-electron chi connectivity index (χ1n) is 4.25. The van der Waals surface area contributed by atoms with Crippen molar-refractivity contribution in [2.45, 2.75) is 32.0 Å². The van der Waals surface area contributed by atoms with Gasteiger partial charge in [0.15, 0.2) is 0 Å². The Morgan fingerprint density at radius 3 is 2.82 bits per heavy atom. The minimum atomic E-state index is -0.619. The molecule has 1 fully saturated rings. The molecule has 0 aliphatic carbocycles. The largest absolute Gasteiger partial charge is 0.297 e. The first-order valence-corrected chi connectivity index (χ1v) is 4.25. The number of likely N-dealkylation sites (tertiary alicyclic amines) is 1. The lowest BCUT2D eigenvalue weighted by atomic mass is 10.2. The fraction of sp³-hybridized carbons (Fsp3) is 0.778. The van der Waals surface area contributed by atoms with Gasteiger partial charge in [0, 0.05) is 12.6 Å². The summed E-state index contributed by atoms with van der Waals surface area (Å²) in [5, 5.41) is 0. The van der Waals surface area contributed by atoms with Crippen LogP contribution < -0.4 is 0 Å². The lowest BCUT2D eigenvalue weighted by Crippen LogP contribution is -2.22. The summed E-state index contributed by atoms with van der Waals surface area (Å²) in [6.07, 6.45) is 5.32. The molecule has 1 saturated heterocycles. The van der Waals surface area contributed by atoms with Crippen LogP contribution in [0.1, 0.15) is 19.8 Å². The molecule has 1 heterocycles. The van der Waals surface area contributed by atoms with Gasteiger partial charge in [-0.15, -0.1) is 0 Å². The van der Waals surface area contributed by atoms with Crippen LogP contribution in [0, 0.1) is 0 Å². The van der Waals surface area contributed by atoms with Crippen molar-refractivity contribution in [2.24, 2.45) is 0 Å². The van der Waals surface area contributed by atoms with E-state index in [0.717, 1.165) is 6.42 Å². The number of hydrogen-bond acceptors (Lipinski definition) is 1. The summed E-state index contributed by atoms with van der Waals surface area (Å²) < 4.78 is 12.8. The normalized spacial score (nSPS) is 33.7. The number of halogens is 1. The first kappa shape index (κ1) is 8.72. The first-order chi connectivity index (χ1) is 5.24. The zero-order valence-electron chi connectivity index (χ0n) is 7.26. The van der Waals surface area contributed by atoms with Gasteiger partial charge in [-0.05, 0) is 19.9 Å². The summed E-state index contributed by atoms with van der Waals surface area (Å²) in [4.78, 5) is 2.07. The van der Waals surface area contributed by atoms with Crippen molar-refractivity contribution in [3.8, 4) is 0 Å². The van der Waals surface area contributed by atoms with Crippen molar-refractivity contribution < 1.29 is 4.39 Å². The number of rotatable bonds is 2. The Kier molecular flexibility index (Phi) is 3.06. The molecular formula is C9H16FN. The second-order valence-corrected chi connectivity index (χ2v) is 3.18. The molecule has 0 spiro atoms. The van der Waals surface area contributed by atoms with Gasteiger partial charge in [-0.25, -0.2) is 4.39 Å². The van der Waals surface area contributed by atoms with Crippen LogP contribution in [0.3, 0.4) is 0 Å². The molecule has 64 valence electrons. The molecule has 1 aliphatic heterocycles. The lowest BCUT2D eigenvalue weighted by Gasteiger charge is -2.13. The van der Waals surface area contributed by atoms with Crippen LogP contribution in [0.25, 0.3) is 0 Å². The monoisotopic (exact) mass is 157 g/mol. The molecule has 0 aromatic carbocycles. The third-order valence-electron chi connectivity index (χ3n) is 2.14. The highest BCUT2D eigenvalue weighted by Gasteiger charge is 2.26. The Labute approximate surface area is 67.9 Å². The number of nitrogens with zero attached hydrogens (tertiary/aromatic N) is 1. The second kappa shape index (κ2) is 3.86. The molecular weight excluding hydrogens is 141 g/mol. The SMILES string of the molecule is CC/C=C/C1C[C@H](F)CN1C. The summed E-state index contributed by atoms with van der Waals surface area (Å²) in [5.41, 5.74) is 0. The van der Waals surface area contributed by atoms with E-state index in [2.05, 4.69) is 24.0 Å². The number of alkyl halides is 1. The van der Waals surface area contributed by atoms with E-state index in [4.69, 9.17) is 0 Å². The Morgan fingerprint density at radius 1 is 1.64 bits per heavy atom. The van der Waals surface area contributed by atoms with Gasteiger partial charge >= 0.3 is 0 Å². The van der Waals surface area contributed by atoms with Gasteiger partial charge in [0.2, 0.25) is 0 Å². The molecule has 1 rings (SSSR count). The third-order valence-corrected chi connectivity index (χ3v) is 2.14. The maximum Gasteiger partial charge on any atom is 0.115 e. The Bertz CT molecular complexity index is 144. The van der Waals surface area contributed by atoms with Crippen LogP contribution in [0.5, 0.6) is 0 Å². The summed E-state index contributed by atoms with van der Waals surface area (Å²) in [5.74, 6) is 0. The molecule has 0 aromatic rings. The quantitative estimate of drug-likeness (QED) is 0.554. The van der Waals surface area contributed by atoms with E-state index in [-0.39, 0.29) is 0 Å². The van der Waals surface area contributed by atoms with Gasteiger partial charge in [-0.3, -0.25) is 4.90 Å². The Morgan fingerprint density at radius 2 is 2.36 bits per heavy atom. The van der Waals surface area contributed by atoms with E-state index in [9.17, 15) is 4.39 Å². The molecule has 0 radical (unpaired) electrons. The van der Waals surface area contributed by atoms with Crippen molar-refractivity contribution in [3.63, 3.8) is 0 Å². The highest BCUT2D eigenvalue weighted by atomic mass is 19.1. The van der Waals surface area contributed by atoms with Gasteiger partial charge in [0.1, 0.15) is 6.17 Å². The fourth-order valence-electron chi connectivity index (χ4n) is 1.48. The predicted octanol–water partition coefficient (Wildman–Crippen LogP) is 1.99. The Balaban J connectivity index is 2.40. The van der Waals surface area contributed by atoms with E-state index in [0.29, 0.717) is 19.0 Å². The maximum atomic E-state index is 12.8. The van der Waals surface area contributed by atoms with Crippen molar-refractivity contribution >= 4 is 0 Å². The van der Waals surface area contributed by atoms with Crippen LogP contribution in [-0.2, 0) is 0 Å². The number of hydrogen-bond donors (Lipinski definition) is 0. The van der Waals surface area contributed by atoms with E-state index in [1.165, 1.54) is 0 Å². The van der Waals surface area contributed by atoms with Gasteiger partial charge in [-0.2, -0.15) is 0 Å². The average molecular weight is 157 g/mol. The van der Waals surface area contributed by atoms with Crippen LogP contribution >= 0.6 is 0 Å². The van der Waals surface area contributed by atoms with E-state index >= 15 is 0 Å². The van der Waals surface area contributed by atoms with E-state index < -0.39 is 6.17 Å². The molecule has 0 amide bonds. The summed E-state index contributed by atoms with van der Waals surface area (Å²) in [6, 6.07) is 0.338. The van der Waals surface area contributed by atoms with Crippen LogP contribution in [-0.4, -0.2) is 30.7 Å². The van der Waals surface area contributed by atoms with Gasteiger partial charge in [0.05, 0.1) is 0 Å². The standard InChI is InChI=1S/C9H16FN/c1-3-4-5-9-6-8(10)7-11(9)2/h4-5,8-9H,3,6-7H2,1-2H3/b5-4+/t8-,9?/m0/s1. The summed E-state index contributed by atoms with van der Waals surface area (Å²) >= 11 is 0. The van der Waals surface area contributed by atoms with Crippen molar-refractivity contribution in [1.82, 2.24) is 4.90 Å². The maximum absolute atomic E-state index is 12.8. The predicted molar refractivity (Wildman–Crippen MR) is 45.4 cm³/mol. The van der Waals surface area contributed by atoms with E-state index in [1.54, 1.807) is 0 Å². The topological polar surface area (TPSA) is 3.24 Å². The Hall–Kier alpha value is -0.370. The van der Waals surface area contributed by atoms with Crippen LogP contribution in [0.15, 0.2) is 12.2 Å². The van der Waals surface area contributed by atoms with Crippen LogP contribution in [0.4, 0.5) is 4.39 Å². The third kappa shape index (κ3) is 2.29. The molecule has 0 N–H and O–H groups in total. The molecule has 0 bridgehead atoms. The lowest BCUT2D eigenvalue weighted by molar-refractivity contribution is 0.311. The summed E-state index contributed by atoms with van der Waals surface area (Å²) in [7, 11) is 1.98. The van der Waals surface area contributed by atoms with Gasteiger partial charge in [-0.1, -0.05) is 19.1 Å². The molecule has 1 unspecified atom stereocenters. The van der Waals surface area contributed by atoms with Gasteiger partial charge < -0.3 is 0 Å². The molecule has 0 aromatic heterocycles. The summed E-state index contributed by atoms with van der Waals surface area (Å²) in [6.45, 7) is 2.69. The molecule has 2 heteroatoms. The highest BCUT2D eigenvalue weighted by molar-refractivity contribution is 4.98. The molecule has 1 aliphatic rings. The van der Waals surface area contributed by atoms with Crippen molar-refractivity contribution in [3.05, 3.63) is 12.2 Å². The van der Waals surface area contributed by atoms with E-state index in [1.807, 2.05) is 7.05 Å². The number of likely N-dealkylation sites (N-methyl/N-ethyl adjacent to an activating group) is 1. The molecule has 0 saturated carbocycles. The van der Waals surface area contributed by atoms with Crippen molar-refractivity contribution in [2.75, 3.05) is 13.6 Å².